The van der Waals surface area contributed by atoms with E-state index in [4.69, 9.17) is 11.6 Å². The maximum absolute atomic E-state index is 12.7. The Kier molecular flexibility index (Phi) is 5.25. The number of sulfonamides is 1. The minimum absolute atomic E-state index is 0.130. The van der Waals surface area contributed by atoms with Gasteiger partial charge >= 0.3 is 0 Å². The van der Waals surface area contributed by atoms with E-state index in [1.54, 1.807) is 29.6 Å². The summed E-state index contributed by atoms with van der Waals surface area (Å²) in [5, 5.41) is 14.5. The quantitative estimate of drug-likeness (QED) is 0.614. The number of anilines is 1. The Morgan fingerprint density at radius 1 is 1.23 bits per heavy atom. The molecule has 2 aromatic carbocycles. The summed E-state index contributed by atoms with van der Waals surface area (Å²) < 4.78 is 27.9. The van der Waals surface area contributed by atoms with Crippen molar-refractivity contribution >= 4 is 48.9 Å². The van der Waals surface area contributed by atoms with Gasteiger partial charge in [0.2, 0.25) is 0 Å². The summed E-state index contributed by atoms with van der Waals surface area (Å²) in [6.07, 6.45) is 1.01. The normalized spacial score (nSPS) is 12.5. The Hall–Kier alpha value is -1.67. The van der Waals surface area contributed by atoms with E-state index in [1.165, 1.54) is 6.07 Å². The second-order valence-electron chi connectivity index (χ2n) is 6.00. The molecule has 1 heterocycles. The molecule has 0 aliphatic heterocycles. The smallest absolute Gasteiger partial charge is 0.263 e. The van der Waals surface area contributed by atoms with Crippen LogP contribution in [0, 0.1) is 0 Å². The second kappa shape index (κ2) is 7.15. The molecular formula is C18H19ClN2O3S2. The molecule has 26 heavy (non-hydrogen) atoms. The highest BCUT2D eigenvalue weighted by Crippen LogP contribution is 2.32. The molecule has 0 amide bonds. The summed E-state index contributed by atoms with van der Waals surface area (Å²) in [4.78, 5) is 4.40. The number of hydrogen-bond donors (Lipinski definition) is 2. The van der Waals surface area contributed by atoms with Crippen LogP contribution >= 0.6 is 22.9 Å². The average molecular weight is 411 g/mol. The molecule has 0 atom stereocenters. The topological polar surface area (TPSA) is 79.3 Å². The van der Waals surface area contributed by atoms with Crippen molar-refractivity contribution < 1.29 is 13.5 Å². The standard InChI is InChI=1S/C18H19ClN2O3S2/c1-3-18(22,4-2)16-11-25-17(20-16)21-26(23,24)13-8-9-14-12(10-13)6-5-7-15(14)19/h5-11,22H,3-4H2,1-2H3,(H,20,21). The Bertz CT molecular complexity index is 1040. The van der Waals surface area contributed by atoms with E-state index >= 15 is 0 Å². The second-order valence-corrected chi connectivity index (χ2v) is 8.95. The van der Waals surface area contributed by atoms with E-state index < -0.39 is 15.6 Å². The van der Waals surface area contributed by atoms with Gasteiger partial charge in [-0.05, 0) is 36.4 Å². The van der Waals surface area contributed by atoms with E-state index in [9.17, 15) is 13.5 Å². The fraction of sp³-hybridized carbons (Fsp3) is 0.278. The number of thiazole rings is 1. The van der Waals surface area contributed by atoms with Crippen molar-refractivity contribution in [1.82, 2.24) is 4.98 Å². The van der Waals surface area contributed by atoms with E-state index in [-0.39, 0.29) is 10.0 Å². The van der Waals surface area contributed by atoms with Gasteiger partial charge in [-0.1, -0.05) is 43.6 Å². The number of aliphatic hydroxyl groups is 1. The minimum Gasteiger partial charge on any atom is -0.384 e. The number of rotatable bonds is 6. The van der Waals surface area contributed by atoms with E-state index in [2.05, 4.69) is 9.71 Å². The molecule has 0 bridgehead atoms. The van der Waals surface area contributed by atoms with Gasteiger partial charge in [0.05, 0.1) is 10.6 Å². The van der Waals surface area contributed by atoms with Crippen LogP contribution in [0.2, 0.25) is 5.02 Å². The van der Waals surface area contributed by atoms with E-state index in [0.717, 1.165) is 22.1 Å². The lowest BCUT2D eigenvalue weighted by Crippen LogP contribution is -2.24. The molecule has 0 aliphatic rings. The van der Waals surface area contributed by atoms with Crippen LogP contribution in [-0.4, -0.2) is 18.5 Å². The lowest BCUT2D eigenvalue weighted by Gasteiger charge is -2.22. The fourth-order valence-corrected chi connectivity index (χ4v) is 5.05. The molecule has 2 N–H and O–H groups in total. The summed E-state index contributed by atoms with van der Waals surface area (Å²) in [5.74, 6) is 0. The molecule has 0 unspecified atom stereocenters. The van der Waals surface area contributed by atoms with Crippen LogP contribution in [-0.2, 0) is 15.6 Å². The zero-order chi connectivity index (χ0) is 18.9. The highest BCUT2D eigenvalue weighted by Gasteiger charge is 2.28. The molecule has 0 radical (unpaired) electrons. The number of nitrogens with one attached hydrogen (secondary N) is 1. The Labute approximate surface area is 161 Å². The van der Waals surface area contributed by atoms with Crippen molar-refractivity contribution in [1.29, 1.82) is 0 Å². The van der Waals surface area contributed by atoms with Gasteiger partial charge in [0.1, 0.15) is 5.60 Å². The zero-order valence-electron chi connectivity index (χ0n) is 14.4. The van der Waals surface area contributed by atoms with Gasteiger partial charge in [0.25, 0.3) is 10.0 Å². The van der Waals surface area contributed by atoms with Crippen LogP contribution in [0.5, 0.6) is 0 Å². The number of fused-ring (bicyclic) bond motifs is 1. The zero-order valence-corrected chi connectivity index (χ0v) is 16.7. The summed E-state index contributed by atoms with van der Waals surface area (Å²) in [6, 6.07) is 10.1. The first kappa shape index (κ1) is 19.1. The average Bonchev–Trinajstić information content (AvgIpc) is 3.09. The first-order valence-electron chi connectivity index (χ1n) is 8.18. The Balaban J connectivity index is 1.91. The van der Waals surface area contributed by atoms with Crippen molar-refractivity contribution in [2.45, 2.75) is 37.2 Å². The van der Waals surface area contributed by atoms with Gasteiger partial charge in [0.15, 0.2) is 5.13 Å². The van der Waals surface area contributed by atoms with Crippen LogP contribution in [0.3, 0.4) is 0 Å². The maximum Gasteiger partial charge on any atom is 0.263 e. The largest absolute Gasteiger partial charge is 0.384 e. The Morgan fingerprint density at radius 3 is 2.65 bits per heavy atom. The summed E-state index contributed by atoms with van der Waals surface area (Å²) in [6.45, 7) is 3.74. The first-order chi connectivity index (χ1) is 12.3. The molecule has 3 rings (SSSR count). The minimum atomic E-state index is -3.79. The molecule has 138 valence electrons. The molecule has 0 aliphatic carbocycles. The van der Waals surface area contributed by atoms with Crippen molar-refractivity contribution in [3.63, 3.8) is 0 Å². The highest BCUT2D eigenvalue weighted by atomic mass is 35.5. The predicted octanol–water partition coefficient (Wildman–Crippen LogP) is 4.76. The van der Waals surface area contributed by atoms with E-state index in [1.807, 2.05) is 19.9 Å². The van der Waals surface area contributed by atoms with E-state index in [0.29, 0.717) is 23.6 Å². The van der Waals surface area contributed by atoms with Crippen molar-refractivity contribution in [3.05, 3.63) is 52.5 Å². The van der Waals surface area contributed by atoms with Gasteiger partial charge < -0.3 is 5.11 Å². The van der Waals surface area contributed by atoms with Crippen LogP contribution in [0.1, 0.15) is 32.4 Å². The number of hydrogen-bond acceptors (Lipinski definition) is 5. The molecule has 0 saturated carbocycles. The predicted molar refractivity (Wildman–Crippen MR) is 106 cm³/mol. The molecule has 5 nitrogen and oxygen atoms in total. The SMILES string of the molecule is CCC(O)(CC)c1csc(NS(=O)(=O)c2ccc3c(Cl)cccc3c2)n1. The summed E-state index contributed by atoms with van der Waals surface area (Å²) in [7, 11) is -3.79. The number of aromatic nitrogens is 1. The Morgan fingerprint density at radius 2 is 1.96 bits per heavy atom. The number of halogens is 1. The van der Waals surface area contributed by atoms with Crippen LogP contribution in [0.15, 0.2) is 46.7 Å². The molecular weight excluding hydrogens is 392 g/mol. The lowest BCUT2D eigenvalue weighted by atomic mass is 9.94. The molecule has 1 aromatic heterocycles. The first-order valence-corrected chi connectivity index (χ1v) is 10.9. The van der Waals surface area contributed by atoms with Crippen molar-refractivity contribution in [2.24, 2.45) is 0 Å². The van der Waals surface area contributed by atoms with Gasteiger partial charge in [0, 0.05) is 15.8 Å². The van der Waals surface area contributed by atoms with Crippen LogP contribution in [0.4, 0.5) is 5.13 Å². The highest BCUT2D eigenvalue weighted by molar-refractivity contribution is 7.93. The molecule has 8 heteroatoms. The summed E-state index contributed by atoms with van der Waals surface area (Å²) >= 11 is 7.28. The number of benzene rings is 2. The van der Waals surface area contributed by atoms with Crippen molar-refractivity contribution in [3.8, 4) is 0 Å². The number of nitrogens with zero attached hydrogens (tertiary/aromatic N) is 1. The van der Waals surface area contributed by atoms with Crippen LogP contribution < -0.4 is 4.72 Å². The van der Waals surface area contributed by atoms with Gasteiger partial charge in [-0.2, -0.15) is 0 Å². The van der Waals surface area contributed by atoms with Gasteiger partial charge in [-0.15, -0.1) is 11.3 Å². The lowest BCUT2D eigenvalue weighted by molar-refractivity contribution is 0.0247. The van der Waals surface area contributed by atoms with Crippen LogP contribution in [0.25, 0.3) is 10.8 Å². The third kappa shape index (κ3) is 3.57. The fourth-order valence-electron chi connectivity index (χ4n) is 2.71. The molecule has 3 aromatic rings. The molecule has 0 spiro atoms. The molecule has 0 fully saturated rings. The monoisotopic (exact) mass is 410 g/mol. The summed E-state index contributed by atoms with van der Waals surface area (Å²) in [5.41, 5.74) is -0.560. The van der Waals surface area contributed by atoms with Crippen molar-refractivity contribution in [2.75, 3.05) is 4.72 Å². The van der Waals surface area contributed by atoms with Gasteiger partial charge in [-0.3, -0.25) is 4.72 Å². The third-order valence-corrected chi connectivity index (χ3v) is 7.03. The molecule has 0 saturated heterocycles. The maximum atomic E-state index is 12.7. The van der Waals surface area contributed by atoms with Gasteiger partial charge in [-0.25, -0.2) is 13.4 Å². The third-order valence-electron chi connectivity index (χ3n) is 4.48.